The minimum atomic E-state index is -0.177. The normalized spacial score (nSPS) is 20.0. The van der Waals surface area contributed by atoms with E-state index in [4.69, 9.17) is 12.2 Å². The number of nitrogens with zero attached hydrogens (tertiary/aromatic N) is 2. The van der Waals surface area contributed by atoms with Crippen molar-refractivity contribution < 1.29 is 9.59 Å². The maximum Gasteiger partial charge on any atom is 0.266 e. The quantitative estimate of drug-likeness (QED) is 0.600. The number of rotatable bonds is 4. The Morgan fingerprint density at radius 2 is 1.92 bits per heavy atom. The number of thiocarbonyl (C=S) groups is 1. The summed E-state index contributed by atoms with van der Waals surface area (Å²) in [5, 5.41) is 0. The molecular weight excluding hydrogens is 352 g/mol. The Balaban J connectivity index is 1.70. The lowest BCUT2D eigenvalue weighted by molar-refractivity contribution is -0.134. The van der Waals surface area contributed by atoms with E-state index in [1.54, 1.807) is 0 Å². The predicted molar refractivity (Wildman–Crippen MR) is 106 cm³/mol. The first-order chi connectivity index (χ1) is 12.0. The highest BCUT2D eigenvalue weighted by molar-refractivity contribution is 8.26. The largest absolute Gasteiger partial charge is 0.341 e. The Kier molecular flexibility index (Phi) is 5.71. The van der Waals surface area contributed by atoms with Gasteiger partial charge < -0.3 is 4.90 Å². The zero-order valence-electron chi connectivity index (χ0n) is 14.1. The van der Waals surface area contributed by atoms with Gasteiger partial charge in [-0.1, -0.05) is 60.4 Å². The van der Waals surface area contributed by atoms with Gasteiger partial charge in [0.1, 0.15) is 10.9 Å². The standard InChI is InChI=1S/C19H20N2O2S2/c1-14(11-15-7-3-2-4-8-15)12-16-18(23)21(19(24)25-16)13-17(22)20-9-5-6-10-20/h2-4,7-8,11-12H,5-6,9-10,13H2,1H3/b14-11+,16-12-. The van der Waals surface area contributed by atoms with Crippen LogP contribution in [0.2, 0.25) is 0 Å². The molecular formula is C19H20N2O2S2. The zero-order chi connectivity index (χ0) is 17.8. The van der Waals surface area contributed by atoms with Gasteiger partial charge in [-0.05, 0) is 37.0 Å². The molecule has 0 radical (unpaired) electrons. The molecule has 3 rings (SSSR count). The van der Waals surface area contributed by atoms with E-state index in [9.17, 15) is 9.59 Å². The molecule has 6 heteroatoms. The summed E-state index contributed by atoms with van der Waals surface area (Å²) in [6.45, 7) is 3.56. The van der Waals surface area contributed by atoms with E-state index in [1.165, 1.54) is 16.7 Å². The van der Waals surface area contributed by atoms with Crippen molar-refractivity contribution in [3.8, 4) is 0 Å². The number of thioether (sulfide) groups is 1. The summed E-state index contributed by atoms with van der Waals surface area (Å²) in [4.78, 5) is 28.7. The van der Waals surface area contributed by atoms with Crippen molar-refractivity contribution in [2.24, 2.45) is 0 Å². The van der Waals surface area contributed by atoms with Crippen LogP contribution in [0.3, 0.4) is 0 Å². The van der Waals surface area contributed by atoms with E-state index in [1.807, 2.05) is 54.3 Å². The second kappa shape index (κ2) is 7.97. The van der Waals surface area contributed by atoms with E-state index in [2.05, 4.69) is 0 Å². The third-order valence-electron chi connectivity index (χ3n) is 4.18. The fourth-order valence-corrected chi connectivity index (χ4v) is 4.20. The molecule has 2 saturated heterocycles. The smallest absolute Gasteiger partial charge is 0.266 e. The molecule has 0 bridgehead atoms. The number of likely N-dealkylation sites (tertiary alicyclic amines) is 1. The van der Waals surface area contributed by atoms with Gasteiger partial charge in [0.15, 0.2) is 0 Å². The monoisotopic (exact) mass is 372 g/mol. The van der Waals surface area contributed by atoms with Crippen LogP contribution in [0.1, 0.15) is 25.3 Å². The molecule has 4 nitrogen and oxygen atoms in total. The van der Waals surface area contributed by atoms with Gasteiger partial charge in [-0.3, -0.25) is 14.5 Å². The summed E-state index contributed by atoms with van der Waals surface area (Å²) >= 11 is 6.57. The third-order valence-corrected chi connectivity index (χ3v) is 5.56. The van der Waals surface area contributed by atoms with Crippen LogP contribution in [-0.4, -0.2) is 45.6 Å². The van der Waals surface area contributed by atoms with Gasteiger partial charge in [0.25, 0.3) is 5.91 Å². The van der Waals surface area contributed by atoms with E-state index in [-0.39, 0.29) is 18.4 Å². The SMILES string of the molecule is CC(/C=C1\SC(=S)N(CC(=O)N2CCCC2)C1=O)=C\c1ccccc1. The van der Waals surface area contributed by atoms with Gasteiger partial charge >= 0.3 is 0 Å². The van der Waals surface area contributed by atoms with Crippen LogP contribution >= 0.6 is 24.0 Å². The van der Waals surface area contributed by atoms with Crippen LogP contribution in [0.25, 0.3) is 6.08 Å². The van der Waals surface area contributed by atoms with Crippen LogP contribution in [0, 0.1) is 0 Å². The summed E-state index contributed by atoms with van der Waals surface area (Å²) in [7, 11) is 0. The molecule has 130 valence electrons. The van der Waals surface area contributed by atoms with Crippen molar-refractivity contribution in [3.05, 3.63) is 52.4 Å². The first-order valence-corrected chi connectivity index (χ1v) is 9.53. The van der Waals surface area contributed by atoms with E-state index < -0.39 is 0 Å². The topological polar surface area (TPSA) is 40.6 Å². The van der Waals surface area contributed by atoms with E-state index in [0.717, 1.165) is 37.1 Å². The Labute approximate surface area is 157 Å². The first kappa shape index (κ1) is 17.9. The van der Waals surface area contributed by atoms with Crippen molar-refractivity contribution in [1.82, 2.24) is 9.80 Å². The second-order valence-corrected chi connectivity index (χ2v) is 7.83. The van der Waals surface area contributed by atoms with Crippen LogP contribution in [0.4, 0.5) is 0 Å². The van der Waals surface area contributed by atoms with Gasteiger partial charge in [0, 0.05) is 13.1 Å². The van der Waals surface area contributed by atoms with E-state index >= 15 is 0 Å². The van der Waals surface area contributed by atoms with Gasteiger partial charge in [-0.25, -0.2) is 0 Å². The summed E-state index contributed by atoms with van der Waals surface area (Å²) in [5.74, 6) is -0.199. The lowest BCUT2D eigenvalue weighted by Crippen LogP contribution is -2.40. The maximum absolute atomic E-state index is 12.6. The lowest BCUT2D eigenvalue weighted by Gasteiger charge is -2.19. The third kappa shape index (κ3) is 4.38. The summed E-state index contributed by atoms with van der Waals surface area (Å²) in [6.07, 6.45) is 5.93. The summed E-state index contributed by atoms with van der Waals surface area (Å²) < 4.78 is 0.455. The van der Waals surface area contributed by atoms with E-state index in [0.29, 0.717) is 9.23 Å². The minimum absolute atomic E-state index is 0.0217. The Morgan fingerprint density at radius 1 is 1.24 bits per heavy atom. The van der Waals surface area contributed by atoms with Crippen molar-refractivity contribution in [2.75, 3.05) is 19.6 Å². The highest BCUT2D eigenvalue weighted by Crippen LogP contribution is 2.32. The lowest BCUT2D eigenvalue weighted by atomic mass is 10.1. The molecule has 0 aromatic heterocycles. The van der Waals surface area contributed by atoms with Crippen LogP contribution in [0.5, 0.6) is 0 Å². The van der Waals surface area contributed by atoms with Crippen LogP contribution < -0.4 is 0 Å². The molecule has 0 aliphatic carbocycles. The summed E-state index contributed by atoms with van der Waals surface area (Å²) in [5.41, 5.74) is 2.05. The molecule has 0 N–H and O–H groups in total. The first-order valence-electron chi connectivity index (χ1n) is 8.31. The molecule has 1 aromatic carbocycles. The highest BCUT2D eigenvalue weighted by atomic mass is 32.2. The molecule has 25 heavy (non-hydrogen) atoms. The summed E-state index contributed by atoms with van der Waals surface area (Å²) in [6, 6.07) is 9.94. The Bertz CT molecular complexity index is 750. The number of carbonyl (C=O) groups is 2. The van der Waals surface area contributed by atoms with Crippen LogP contribution in [-0.2, 0) is 9.59 Å². The molecule has 0 unspecified atom stereocenters. The number of hydrogen-bond acceptors (Lipinski definition) is 4. The molecule has 2 aliphatic heterocycles. The number of carbonyl (C=O) groups excluding carboxylic acids is 2. The zero-order valence-corrected chi connectivity index (χ0v) is 15.7. The number of allylic oxidation sites excluding steroid dienone is 2. The molecule has 2 amide bonds. The van der Waals surface area contributed by atoms with Crippen molar-refractivity contribution >= 4 is 46.2 Å². The average Bonchev–Trinajstić information content (AvgIpc) is 3.21. The highest BCUT2D eigenvalue weighted by Gasteiger charge is 2.34. The molecule has 0 atom stereocenters. The van der Waals surface area contributed by atoms with Gasteiger partial charge in [-0.2, -0.15) is 0 Å². The van der Waals surface area contributed by atoms with Crippen molar-refractivity contribution in [3.63, 3.8) is 0 Å². The molecule has 1 aromatic rings. The fourth-order valence-electron chi connectivity index (χ4n) is 2.90. The molecule has 0 saturated carbocycles. The van der Waals surface area contributed by atoms with Gasteiger partial charge in [0.2, 0.25) is 5.91 Å². The second-order valence-electron chi connectivity index (χ2n) is 6.15. The molecule has 2 heterocycles. The fraction of sp³-hybridized carbons (Fsp3) is 0.316. The van der Waals surface area contributed by atoms with Crippen LogP contribution in [0.15, 0.2) is 46.9 Å². The molecule has 0 spiro atoms. The number of benzene rings is 1. The Morgan fingerprint density at radius 3 is 2.60 bits per heavy atom. The van der Waals surface area contributed by atoms with Crippen molar-refractivity contribution in [1.29, 1.82) is 0 Å². The number of hydrogen-bond donors (Lipinski definition) is 0. The van der Waals surface area contributed by atoms with Crippen molar-refractivity contribution in [2.45, 2.75) is 19.8 Å². The Hall–Kier alpha value is -1.92. The molecule has 2 fully saturated rings. The van der Waals surface area contributed by atoms with Gasteiger partial charge in [0.05, 0.1) is 4.91 Å². The number of amides is 2. The van der Waals surface area contributed by atoms with Gasteiger partial charge in [-0.15, -0.1) is 0 Å². The minimum Gasteiger partial charge on any atom is -0.341 e. The maximum atomic E-state index is 12.6. The molecule has 2 aliphatic rings. The predicted octanol–water partition coefficient (Wildman–Crippen LogP) is 3.46. The average molecular weight is 373 g/mol.